The fourth-order valence-electron chi connectivity index (χ4n) is 1.27. The number of nitrogens with one attached hydrogen (secondary N) is 2. The number of esters is 1. The first-order valence-electron chi connectivity index (χ1n) is 5.59. The Bertz CT molecular complexity index is 452. The summed E-state index contributed by atoms with van der Waals surface area (Å²) in [5.41, 5.74) is 1.64. The lowest BCUT2D eigenvalue weighted by molar-refractivity contribution is -0.141. The van der Waals surface area contributed by atoms with Crippen LogP contribution in [-0.2, 0) is 14.3 Å². The van der Waals surface area contributed by atoms with Crippen LogP contribution in [-0.4, -0.2) is 24.4 Å². The molecular weight excluding hydrogens is 232 g/mol. The number of carbonyl (C=O) groups excluding carboxylic acids is 1. The number of benzene rings is 1. The zero-order valence-electron chi connectivity index (χ0n) is 10.4. The number of hydrogen-bond donors (Lipinski definition) is 2. The van der Waals surface area contributed by atoms with Gasteiger partial charge < -0.3 is 9.47 Å². The Morgan fingerprint density at radius 2 is 1.83 bits per heavy atom. The highest BCUT2D eigenvalue weighted by molar-refractivity contribution is 6.03. The van der Waals surface area contributed by atoms with Crippen molar-refractivity contribution in [3.63, 3.8) is 0 Å². The molecule has 0 saturated heterocycles. The lowest BCUT2D eigenvalue weighted by atomic mass is 10.1. The van der Waals surface area contributed by atoms with Gasteiger partial charge in [0.1, 0.15) is 6.42 Å². The number of ether oxygens (including phenoxy) is 2. The molecule has 18 heavy (non-hydrogen) atoms. The van der Waals surface area contributed by atoms with Gasteiger partial charge in [-0.1, -0.05) is 17.7 Å². The third-order valence-electron chi connectivity index (χ3n) is 2.15. The van der Waals surface area contributed by atoms with Crippen LogP contribution in [0.5, 0.6) is 0 Å². The molecule has 0 bridgehead atoms. The molecule has 1 aromatic carbocycles. The summed E-state index contributed by atoms with van der Waals surface area (Å²) >= 11 is 0. The zero-order chi connectivity index (χ0) is 13.5. The van der Waals surface area contributed by atoms with Crippen molar-refractivity contribution in [2.75, 3.05) is 6.61 Å². The minimum atomic E-state index is -0.529. The van der Waals surface area contributed by atoms with Gasteiger partial charge in [-0.2, -0.15) is 0 Å². The van der Waals surface area contributed by atoms with Gasteiger partial charge in [-0.3, -0.25) is 15.6 Å². The smallest absolute Gasteiger partial charge is 0.315 e. The van der Waals surface area contributed by atoms with Crippen molar-refractivity contribution in [3.8, 4) is 0 Å². The lowest BCUT2D eigenvalue weighted by Crippen LogP contribution is -2.17. The molecule has 0 unspecified atom stereocenters. The van der Waals surface area contributed by atoms with Crippen molar-refractivity contribution < 1.29 is 14.3 Å². The van der Waals surface area contributed by atoms with Gasteiger partial charge in [0, 0.05) is 5.56 Å². The van der Waals surface area contributed by atoms with E-state index in [1.165, 1.54) is 0 Å². The summed E-state index contributed by atoms with van der Waals surface area (Å²) in [5, 5.41) is 15.1. The van der Waals surface area contributed by atoms with Crippen molar-refractivity contribution in [1.29, 1.82) is 10.8 Å². The lowest BCUT2D eigenvalue weighted by Gasteiger charge is -2.08. The first kappa shape index (κ1) is 13.9. The van der Waals surface area contributed by atoms with Crippen LogP contribution in [0.25, 0.3) is 0 Å². The summed E-state index contributed by atoms with van der Waals surface area (Å²) in [6.07, 6.45) is -0.262. The van der Waals surface area contributed by atoms with Crippen LogP contribution >= 0.6 is 0 Å². The quantitative estimate of drug-likeness (QED) is 0.487. The van der Waals surface area contributed by atoms with E-state index in [1.54, 1.807) is 19.1 Å². The van der Waals surface area contributed by atoms with E-state index in [0.717, 1.165) is 5.56 Å². The normalized spacial score (nSPS) is 9.67. The molecule has 0 aliphatic carbocycles. The maximum Gasteiger partial charge on any atom is 0.315 e. The molecular formula is C13H16N2O3. The Morgan fingerprint density at radius 1 is 1.22 bits per heavy atom. The molecule has 0 spiro atoms. The van der Waals surface area contributed by atoms with E-state index in [-0.39, 0.29) is 24.8 Å². The Kier molecular flexibility index (Phi) is 5.05. The number of hydrogen-bond acceptors (Lipinski definition) is 5. The number of carbonyl (C=O) groups is 1. The van der Waals surface area contributed by atoms with E-state index in [2.05, 4.69) is 4.74 Å². The fraction of sp³-hybridized carbons (Fsp3) is 0.308. The Morgan fingerprint density at radius 3 is 2.39 bits per heavy atom. The molecule has 0 aliphatic heterocycles. The monoisotopic (exact) mass is 248 g/mol. The molecule has 0 radical (unpaired) electrons. The summed E-state index contributed by atoms with van der Waals surface area (Å²) < 4.78 is 9.64. The molecule has 96 valence electrons. The molecule has 0 amide bonds. The van der Waals surface area contributed by atoms with Gasteiger partial charge in [-0.05, 0) is 26.0 Å². The third-order valence-corrected chi connectivity index (χ3v) is 2.15. The Labute approximate surface area is 106 Å². The largest absolute Gasteiger partial charge is 0.466 e. The maximum atomic E-state index is 11.1. The second-order valence-electron chi connectivity index (χ2n) is 3.70. The molecule has 0 aromatic heterocycles. The maximum absolute atomic E-state index is 11.1. The van der Waals surface area contributed by atoms with E-state index in [4.69, 9.17) is 15.6 Å². The molecule has 5 nitrogen and oxygen atoms in total. The summed E-state index contributed by atoms with van der Waals surface area (Å²) in [4.78, 5) is 11.1. The van der Waals surface area contributed by atoms with E-state index >= 15 is 0 Å². The molecule has 0 atom stereocenters. The van der Waals surface area contributed by atoms with Gasteiger partial charge in [-0.15, -0.1) is 0 Å². The van der Waals surface area contributed by atoms with Crippen LogP contribution in [0.4, 0.5) is 0 Å². The average molecular weight is 248 g/mol. The molecule has 0 saturated carbocycles. The first-order valence-corrected chi connectivity index (χ1v) is 5.59. The minimum Gasteiger partial charge on any atom is -0.466 e. The summed E-state index contributed by atoms with van der Waals surface area (Å²) in [6.45, 7) is 3.90. The summed E-state index contributed by atoms with van der Waals surface area (Å²) in [5.74, 6) is -0.970. The highest BCUT2D eigenvalue weighted by Gasteiger charge is 2.11. The predicted octanol–water partition coefficient (Wildman–Crippen LogP) is 2.27. The van der Waals surface area contributed by atoms with E-state index < -0.39 is 5.97 Å². The molecule has 5 heteroatoms. The topological polar surface area (TPSA) is 83.2 Å². The van der Waals surface area contributed by atoms with Crippen molar-refractivity contribution in [1.82, 2.24) is 0 Å². The molecule has 2 N–H and O–H groups in total. The zero-order valence-corrected chi connectivity index (χ0v) is 10.4. The van der Waals surface area contributed by atoms with Crippen molar-refractivity contribution in [2.45, 2.75) is 20.3 Å². The molecule has 1 aromatic rings. The highest BCUT2D eigenvalue weighted by atomic mass is 16.5. The van der Waals surface area contributed by atoms with Crippen molar-refractivity contribution in [2.24, 2.45) is 0 Å². The van der Waals surface area contributed by atoms with E-state index in [9.17, 15) is 4.79 Å². The fourth-order valence-corrected chi connectivity index (χ4v) is 1.27. The summed E-state index contributed by atoms with van der Waals surface area (Å²) in [7, 11) is 0. The predicted molar refractivity (Wildman–Crippen MR) is 68.1 cm³/mol. The van der Waals surface area contributed by atoms with Crippen LogP contribution in [0.15, 0.2) is 24.3 Å². The average Bonchev–Trinajstić information content (AvgIpc) is 2.29. The van der Waals surface area contributed by atoms with Crippen LogP contribution in [0.3, 0.4) is 0 Å². The Balaban J connectivity index is 2.52. The second-order valence-corrected chi connectivity index (χ2v) is 3.70. The van der Waals surface area contributed by atoms with Gasteiger partial charge in [0.15, 0.2) is 0 Å². The third kappa shape index (κ3) is 4.37. The van der Waals surface area contributed by atoms with Crippen molar-refractivity contribution in [3.05, 3.63) is 35.4 Å². The van der Waals surface area contributed by atoms with Crippen LogP contribution in [0.2, 0.25) is 0 Å². The summed E-state index contributed by atoms with van der Waals surface area (Å²) in [6, 6.07) is 7.16. The van der Waals surface area contributed by atoms with Crippen LogP contribution in [0, 0.1) is 17.7 Å². The van der Waals surface area contributed by atoms with Crippen LogP contribution < -0.4 is 0 Å². The standard InChI is InChI=1S/C13H16N2O3/c1-3-17-12(16)8-11(14)18-13(15)10-6-4-9(2)5-7-10/h4-7,14-15H,3,8H2,1-2H3. The number of rotatable bonds is 4. The van der Waals surface area contributed by atoms with Gasteiger partial charge in [0.2, 0.25) is 11.8 Å². The van der Waals surface area contributed by atoms with Gasteiger partial charge in [0.05, 0.1) is 6.61 Å². The van der Waals surface area contributed by atoms with Gasteiger partial charge in [0.25, 0.3) is 0 Å². The second kappa shape index (κ2) is 6.54. The molecule has 0 aliphatic rings. The van der Waals surface area contributed by atoms with E-state index in [1.807, 2.05) is 19.1 Å². The molecule has 1 rings (SSSR count). The first-order chi connectivity index (χ1) is 8.52. The van der Waals surface area contributed by atoms with Gasteiger partial charge >= 0.3 is 5.97 Å². The Hall–Kier alpha value is -2.17. The molecule has 0 heterocycles. The molecule has 0 fully saturated rings. The van der Waals surface area contributed by atoms with Gasteiger partial charge in [-0.25, -0.2) is 0 Å². The van der Waals surface area contributed by atoms with Crippen LogP contribution in [0.1, 0.15) is 24.5 Å². The minimum absolute atomic E-state index is 0.149. The highest BCUT2D eigenvalue weighted by Crippen LogP contribution is 2.05. The number of aryl methyl sites for hydroxylation is 1. The van der Waals surface area contributed by atoms with E-state index in [0.29, 0.717) is 5.56 Å². The van der Waals surface area contributed by atoms with Crippen molar-refractivity contribution >= 4 is 17.8 Å². The SMILES string of the molecule is CCOC(=O)CC(=N)OC(=N)c1ccc(C)cc1.